The Hall–Kier alpha value is -1.55. The second-order valence-electron chi connectivity index (χ2n) is 7.56. The summed E-state index contributed by atoms with van der Waals surface area (Å²) in [5, 5.41) is 22.6. The number of benzene rings is 1. The highest BCUT2D eigenvalue weighted by molar-refractivity contribution is 5.89. The molecule has 0 heterocycles. The van der Waals surface area contributed by atoms with Gasteiger partial charge in [0.1, 0.15) is 0 Å². The zero-order valence-electron chi connectivity index (χ0n) is 15.2. The minimum atomic E-state index is -0.402. The summed E-state index contributed by atoms with van der Waals surface area (Å²) >= 11 is 0. The van der Waals surface area contributed by atoms with Crippen molar-refractivity contribution in [1.29, 1.82) is 0 Å². The van der Waals surface area contributed by atoms with Gasteiger partial charge in [-0.15, -0.1) is 0 Å². The van der Waals surface area contributed by atoms with Crippen molar-refractivity contribution in [2.75, 3.05) is 0 Å². The molecule has 0 aromatic heterocycles. The van der Waals surface area contributed by atoms with Gasteiger partial charge in [-0.1, -0.05) is 33.8 Å². The number of carbonyl (C=O) groups is 1. The number of phenolic OH excluding ortho intramolecular Hbond substituents is 2. The molecule has 0 aliphatic rings. The highest BCUT2D eigenvalue weighted by atomic mass is 16.3. The molecular weight excluding hydrogens is 290 g/mol. The van der Waals surface area contributed by atoms with Crippen molar-refractivity contribution in [2.45, 2.75) is 72.4 Å². The molecular formula is C19H31NO3. The lowest BCUT2D eigenvalue weighted by Gasteiger charge is -2.34. The first-order chi connectivity index (χ1) is 10.5. The number of nitrogens with one attached hydrogen (secondary N) is 1. The summed E-state index contributed by atoms with van der Waals surface area (Å²) in [6, 6.07) is 4.40. The largest absolute Gasteiger partial charge is 0.504 e. The van der Waals surface area contributed by atoms with E-state index in [0.29, 0.717) is 6.42 Å². The van der Waals surface area contributed by atoms with Crippen LogP contribution in [0.1, 0.15) is 59.9 Å². The zero-order chi connectivity index (χ0) is 17.8. The van der Waals surface area contributed by atoms with Crippen LogP contribution in [0.15, 0.2) is 18.2 Å². The maximum Gasteiger partial charge on any atom is 0.157 e. The molecule has 1 unspecified atom stereocenters. The molecule has 0 saturated carbocycles. The van der Waals surface area contributed by atoms with Crippen LogP contribution in [0.3, 0.4) is 0 Å². The number of ketones is 1. The van der Waals surface area contributed by atoms with E-state index in [1.54, 1.807) is 6.07 Å². The number of hydrogen-bond acceptors (Lipinski definition) is 4. The monoisotopic (exact) mass is 321 g/mol. The van der Waals surface area contributed by atoms with Crippen LogP contribution in [0.5, 0.6) is 11.5 Å². The van der Waals surface area contributed by atoms with Gasteiger partial charge in [-0.05, 0) is 50.8 Å². The maximum atomic E-state index is 13.0. The van der Waals surface area contributed by atoms with Crippen molar-refractivity contribution in [3.63, 3.8) is 0 Å². The molecule has 1 aromatic rings. The van der Waals surface area contributed by atoms with Crippen molar-refractivity contribution in [3.05, 3.63) is 23.8 Å². The Kier molecular flexibility index (Phi) is 6.23. The fourth-order valence-electron chi connectivity index (χ4n) is 2.36. The van der Waals surface area contributed by atoms with Gasteiger partial charge in [0.05, 0.1) is 6.04 Å². The summed E-state index contributed by atoms with van der Waals surface area (Å²) in [6.07, 6.45) is 2.17. The summed E-state index contributed by atoms with van der Waals surface area (Å²) in [7, 11) is 0. The van der Waals surface area contributed by atoms with Crippen LogP contribution in [0.4, 0.5) is 0 Å². The number of carbonyl (C=O) groups excluding carboxylic acids is 1. The van der Waals surface area contributed by atoms with Gasteiger partial charge in [0.25, 0.3) is 0 Å². The Morgan fingerprint density at radius 3 is 2.17 bits per heavy atom. The summed E-state index contributed by atoms with van der Waals surface area (Å²) in [4.78, 5) is 13.0. The van der Waals surface area contributed by atoms with E-state index in [1.165, 1.54) is 12.1 Å². The first kappa shape index (κ1) is 19.5. The van der Waals surface area contributed by atoms with Crippen LogP contribution >= 0.6 is 0 Å². The van der Waals surface area contributed by atoms with Crippen molar-refractivity contribution in [1.82, 2.24) is 5.32 Å². The predicted molar refractivity (Wildman–Crippen MR) is 93.8 cm³/mol. The average molecular weight is 321 g/mol. The summed E-state index contributed by atoms with van der Waals surface area (Å²) in [5.74, 6) is -0.125. The molecule has 130 valence electrons. The van der Waals surface area contributed by atoms with Gasteiger partial charge < -0.3 is 15.5 Å². The van der Waals surface area contributed by atoms with Gasteiger partial charge in [0.15, 0.2) is 17.3 Å². The number of hydrogen-bond donors (Lipinski definition) is 3. The van der Waals surface area contributed by atoms with Crippen LogP contribution in [0.25, 0.3) is 0 Å². The predicted octanol–water partition coefficient (Wildman–Crippen LogP) is 3.79. The highest BCUT2D eigenvalue weighted by Gasteiger charge is 2.34. The Morgan fingerprint density at radius 1 is 1.09 bits per heavy atom. The van der Waals surface area contributed by atoms with Crippen molar-refractivity contribution < 1.29 is 15.0 Å². The molecule has 0 saturated heterocycles. The maximum absolute atomic E-state index is 13.0. The molecule has 4 heteroatoms. The van der Waals surface area contributed by atoms with E-state index in [4.69, 9.17) is 0 Å². The SMILES string of the molecule is CCC(C)(C)NC(Cc1ccc(O)c(O)c1)C(=O)C(C)(C)CC. The number of rotatable bonds is 8. The van der Waals surface area contributed by atoms with Crippen LogP contribution < -0.4 is 5.32 Å². The normalized spacial score (nSPS) is 13.8. The third-order valence-electron chi connectivity index (χ3n) is 4.80. The Labute approximate surface area is 139 Å². The lowest BCUT2D eigenvalue weighted by molar-refractivity contribution is -0.130. The van der Waals surface area contributed by atoms with Crippen LogP contribution in [0, 0.1) is 5.41 Å². The smallest absolute Gasteiger partial charge is 0.157 e. The van der Waals surface area contributed by atoms with Gasteiger partial charge in [-0.2, -0.15) is 0 Å². The van der Waals surface area contributed by atoms with E-state index in [-0.39, 0.29) is 28.9 Å². The molecule has 4 nitrogen and oxygen atoms in total. The lowest BCUT2D eigenvalue weighted by atomic mass is 9.79. The van der Waals surface area contributed by atoms with E-state index in [9.17, 15) is 15.0 Å². The number of phenols is 2. The Morgan fingerprint density at radius 2 is 1.70 bits per heavy atom. The van der Waals surface area contributed by atoms with E-state index >= 15 is 0 Å². The molecule has 0 fully saturated rings. The summed E-state index contributed by atoms with van der Waals surface area (Å²) in [6.45, 7) is 12.2. The molecule has 1 rings (SSSR count). The van der Waals surface area contributed by atoms with Gasteiger partial charge in [-0.25, -0.2) is 0 Å². The van der Waals surface area contributed by atoms with E-state index in [2.05, 4.69) is 26.1 Å². The van der Waals surface area contributed by atoms with Gasteiger partial charge in [0.2, 0.25) is 0 Å². The van der Waals surface area contributed by atoms with Crippen LogP contribution in [-0.2, 0) is 11.2 Å². The van der Waals surface area contributed by atoms with E-state index in [0.717, 1.165) is 18.4 Å². The summed E-state index contributed by atoms with van der Waals surface area (Å²) < 4.78 is 0. The van der Waals surface area contributed by atoms with Crippen LogP contribution in [-0.4, -0.2) is 27.6 Å². The molecule has 0 amide bonds. The topological polar surface area (TPSA) is 69.6 Å². The molecule has 0 radical (unpaired) electrons. The highest BCUT2D eigenvalue weighted by Crippen LogP contribution is 2.28. The van der Waals surface area contributed by atoms with Crippen molar-refractivity contribution >= 4 is 5.78 Å². The summed E-state index contributed by atoms with van der Waals surface area (Å²) in [5.41, 5.74) is 0.272. The molecule has 1 atom stereocenters. The Bertz CT molecular complexity index is 550. The first-order valence-electron chi connectivity index (χ1n) is 8.35. The zero-order valence-corrected chi connectivity index (χ0v) is 15.2. The Balaban J connectivity index is 3.08. The standard InChI is InChI=1S/C19H31NO3/c1-7-18(3,4)17(23)14(20-19(5,6)8-2)11-13-9-10-15(21)16(22)12-13/h9-10,12,14,20-22H,7-8,11H2,1-6H3. The van der Waals surface area contributed by atoms with E-state index < -0.39 is 5.41 Å². The quantitative estimate of drug-likeness (QED) is 0.637. The molecule has 0 spiro atoms. The fourth-order valence-corrected chi connectivity index (χ4v) is 2.36. The molecule has 0 aliphatic carbocycles. The minimum absolute atomic E-state index is 0.146. The fraction of sp³-hybridized carbons (Fsp3) is 0.632. The van der Waals surface area contributed by atoms with Gasteiger partial charge in [-0.3, -0.25) is 4.79 Å². The van der Waals surface area contributed by atoms with E-state index in [1.807, 2.05) is 20.8 Å². The molecule has 3 N–H and O–H groups in total. The van der Waals surface area contributed by atoms with Gasteiger partial charge >= 0.3 is 0 Å². The second kappa shape index (κ2) is 7.35. The third-order valence-corrected chi connectivity index (χ3v) is 4.80. The third kappa shape index (κ3) is 5.24. The molecule has 1 aromatic carbocycles. The molecule has 0 aliphatic heterocycles. The van der Waals surface area contributed by atoms with Crippen LogP contribution in [0.2, 0.25) is 0 Å². The minimum Gasteiger partial charge on any atom is -0.504 e. The first-order valence-corrected chi connectivity index (χ1v) is 8.35. The lowest BCUT2D eigenvalue weighted by Crippen LogP contribution is -2.53. The molecule has 0 bridgehead atoms. The average Bonchev–Trinajstić information content (AvgIpc) is 2.49. The number of Topliss-reactive ketones (excluding diaryl/α,β-unsaturated/α-hetero) is 1. The second-order valence-corrected chi connectivity index (χ2v) is 7.56. The number of aromatic hydroxyl groups is 2. The molecule has 23 heavy (non-hydrogen) atoms. The van der Waals surface area contributed by atoms with Crippen molar-refractivity contribution in [2.24, 2.45) is 5.41 Å². The van der Waals surface area contributed by atoms with Crippen molar-refractivity contribution in [3.8, 4) is 11.5 Å². The van der Waals surface area contributed by atoms with Gasteiger partial charge in [0, 0.05) is 11.0 Å².